The minimum atomic E-state index is -4.01. The number of methoxy groups -OCH3 is 1. The predicted octanol–water partition coefficient (Wildman–Crippen LogP) is 2.22. The van der Waals surface area contributed by atoms with Gasteiger partial charge in [0.15, 0.2) is 5.75 Å². The lowest BCUT2D eigenvalue weighted by Crippen LogP contribution is -2.53. The number of carbonyl (C=O) groups excluding carboxylic acids is 1. The number of sulfonamides is 1. The smallest absolute Gasteiger partial charge is 0.312 e. The minimum absolute atomic E-state index is 0.0463. The Bertz CT molecular complexity index is 1170. The number of nitrogens with one attached hydrogen (secondary N) is 1. The van der Waals surface area contributed by atoms with Gasteiger partial charge in [-0.15, -0.1) is 0 Å². The maximum Gasteiger partial charge on any atom is 0.312 e. The van der Waals surface area contributed by atoms with E-state index in [1.54, 1.807) is 11.8 Å². The van der Waals surface area contributed by atoms with Crippen molar-refractivity contribution < 1.29 is 31.7 Å². The van der Waals surface area contributed by atoms with Crippen LogP contribution in [0.3, 0.4) is 0 Å². The van der Waals surface area contributed by atoms with Crippen LogP contribution >= 0.6 is 0 Å². The average Bonchev–Trinajstić information content (AvgIpc) is 2.79. The highest BCUT2D eigenvalue weighted by molar-refractivity contribution is 7.89. The number of nitro groups is 1. The van der Waals surface area contributed by atoms with Gasteiger partial charge in [0.2, 0.25) is 15.9 Å². The van der Waals surface area contributed by atoms with Gasteiger partial charge in [-0.2, -0.15) is 4.31 Å². The van der Waals surface area contributed by atoms with Crippen molar-refractivity contribution in [3.05, 3.63) is 58.1 Å². The van der Waals surface area contributed by atoms with Crippen LogP contribution in [0.1, 0.15) is 6.92 Å². The molecule has 3 rings (SSSR count). The lowest BCUT2D eigenvalue weighted by Gasteiger charge is -2.36. The molecule has 1 aliphatic rings. The van der Waals surface area contributed by atoms with E-state index >= 15 is 0 Å². The molecule has 1 heterocycles. The Labute approximate surface area is 188 Å². The molecule has 2 aromatic carbocycles. The summed E-state index contributed by atoms with van der Waals surface area (Å²) in [5.41, 5.74) is -0.619. The fourth-order valence-electron chi connectivity index (χ4n) is 3.45. The SMILES string of the molecule is COc1ccc(S(=O)(=O)N2CCN(C(C)C(=O)Nc3ccc(F)cc3F)CC2)cc1[N+](=O)[O-]. The molecule has 1 fully saturated rings. The molecular weight excluding hydrogens is 462 g/mol. The lowest BCUT2D eigenvalue weighted by atomic mass is 10.2. The maximum absolute atomic E-state index is 13.8. The highest BCUT2D eigenvalue weighted by Gasteiger charge is 2.33. The second-order valence-electron chi connectivity index (χ2n) is 7.32. The van der Waals surface area contributed by atoms with E-state index in [2.05, 4.69) is 5.32 Å². The predicted molar refractivity (Wildman–Crippen MR) is 114 cm³/mol. The number of anilines is 1. The molecule has 0 aliphatic carbocycles. The van der Waals surface area contributed by atoms with Gasteiger partial charge < -0.3 is 10.1 Å². The molecule has 0 spiro atoms. The molecule has 1 aliphatic heterocycles. The third-order valence-electron chi connectivity index (χ3n) is 5.37. The Balaban J connectivity index is 1.66. The second-order valence-corrected chi connectivity index (χ2v) is 9.26. The molecule has 1 atom stereocenters. The Morgan fingerprint density at radius 3 is 2.39 bits per heavy atom. The number of ether oxygens (including phenoxy) is 1. The Kier molecular flexibility index (Phi) is 7.25. The first-order valence-corrected chi connectivity index (χ1v) is 11.3. The topological polar surface area (TPSA) is 122 Å². The first-order valence-electron chi connectivity index (χ1n) is 9.87. The highest BCUT2D eigenvalue weighted by Crippen LogP contribution is 2.31. The van der Waals surface area contributed by atoms with Gasteiger partial charge in [-0.1, -0.05) is 0 Å². The summed E-state index contributed by atoms with van der Waals surface area (Å²) in [5.74, 6) is -2.25. The molecule has 1 amide bonds. The van der Waals surface area contributed by atoms with Crippen LogP contribution in [0.4, 0.5) is 20.2 Å². The largest absolute Gasteiger partial charge is 0.490 e. The zero-order valence-electron chi connectivity index (χ0n) is 17.8. The molecule has 178 valence electrons. The third kappa shape index (κ3) is 5.26. The number of benzene rings is 2. The Morgan fingerprint density at radius 2 is 1.82 bits per heavy atom. The fourth-order valence-corrected chi connectivity index (χ4v) is 4.89. The fraction of sp³-hybridized carbons (Fsp3) is 0.350. The van der Waals surface area contributed by atoms with Crippen molar-refractivity contribution in [3.63, 3.8) is 0 Å². The van der Waals surface area contributed by atoms with E-state index in [0.29, 0.717) is 6.07 Å². The van der Waals surface area contributed by atoms with Crippen LogP contribution in [0.15, 0.2) is 41.3 Å². The summed E-state index contributed by atoms with van der Waals surface area (Å²) < 4.78 is 58.9. The zero-order chi connectivity index (χ0) is 24.3. The maximum atomic E-state index is 13.8. The van der Waals surface area contributed by atoms with Gasteiger partial charge in [0.25, 0.3) is 0 Å². The van der Waals surface area contributed by atoms with Gasteiger partial charge in [0.1, 0.15) is 11.6 Å². The number of amides is 1. The molecule has 1 unspecified atom stereocenters. The van der Waals surface area contributed by atoms with E-state index in [-0.39, 0.29) is 42.5 Å². The molecule has 0 aromatic heterocycles. The zero-order valence-corrected chi connectivity index (χ0v) is 18.6. The Hall–Kier alpha value is -3.16. The molecule has 0 radical (unpaired) electrons. The average molecular weight is 484 g/mol. The van der Waals surface area contributed by atoms with Gasteiger partial charge in [-0.3, -0.25) is 19.8 Å². The molecule has 33 heavy (non-hydrogen) atoms. The van der Waals surface area contributed by atoms with Crippen molar-refractivity contribution in [1.29, 1.82) is 0 Å². The van der Waals surface area contributed by atoms with Crippen LogP contribution in [0.25, 0.3) is 0 Å². The van der Waals surface area contributed by atoms with Crippen molar-refractivity contribution in [2.75, 3.05) is 38.6 Å². The van der Waals surface area contributed by atoms with Crippen LogP contribution in [0, 0.1) is 21.7 Å². The minimum Gasteiger partial charge on any atom is -0.490 e. The number of hydrogen-bond donors (Lipinski definition) is 1. The number of piperazine rings is 1. The number of nitrogens with zero attached hydrogens (tertiary/aromatic N) is 3. The van der Waals surface area contributed by atoms with Crippen molar-refractivity contribution >= 4 is 27.3 Å². The summed E-state index contributed by atoms with van der Waals surface area (Å²) in [6.07, 6.45) is 0. The van der Waals surface area contributed by atoms with Crippen LogP contribution < -0.4 is 10.1 Å². The van der Waals surface area contributed by atoms with Gasteiger partial charge in [-0.25, -0.2) is 17.2 Å². The number of hydrogen-bond acceptors (Lipinski definition) is 7. The molecule has 0 saturated carbocycles. The molecule has 0 bridgehead atoms. The van der Waals surface area contributed by atoms with Gasteiger partial charge in [0, 0.05) is 38.3 Å². The number of carbonyl (C=O) groups is 1. The molecule has 1 saturated heterocycles. The van der Waals surface area contributed by atoms with Crippen LogP contribution in [-0.4, -0.2) is 67.8 Å². The summed E-state index contributed by atoms with van der Waals surface area (Å²) in [6, 6.07) is 5.51. The van der Waals surface area contributed by atoms with E-state index in [1.807, 2.05) is 0 Å². The van der Waals surface area contributed by atoms with Crippen molar-refractivity contribution in [1.82, 2.24) is 9.21 Å². The summed E-state index contributed by atoms with van der Waals surface area (Å²) in [5, 5.41) is 13.6. The van der Waals surface area contributed by atoms with E-state index in [0.717, 1.165) is 18.2 Å². The summed E-state index contributed by atoms with van der Waals surface area (Å²) in [4.78, 5) is 24.5. The van der Waals surface area contributed by atoms with Crippen molar-refractivity contribution in [3.8, 4) is 5.75 Å². The first kappa shape index (κ1) is 24.5. The van der Waals surface area contributed by atoms with Crippen LogP contribution in [0.5, 0.6) is 5.75 Å². The number of nitro benzene ring substituents is 1. The third-order valence-corrected chi connectivity index (χ3v) is 7.27. The monoisotopic (exact) mass is 484 g/mol. The van der Waals surface area contributed by atoms with E-state index in [4.69, 9.17) is 4.74 Å². The van der Waals surface area contributed by atoms with Crippen LogP contribution in [-0.2, 0) is 14.8 Å². The summed E-state index contributed by atoms with van der Waals surface area (Å²) in [7, 11) is -2.76. The summed E-state index contributed by atoms with van der Waals surface area (Å²) >= 11 is 0. The molecule has 10 nitrogen and oxygen atoms in total. The lowest BCUT2D eigenvalue weighted by molar-refractivity contribution is -0.386. The van der Waals surface area contributed by atoms with Gasteiger partial charge in [0.05, 0.1) is 28.7 Å². The van der Waals surface area contributed by atoms with E-state index in [9.17, 15) is 32.1 Å². The van der Waals surface area contributed by atoms with Crippen molar-refractivity contribution in [2.24, 2.45) is 0 Å². The van der Waals surface area contributed by atoms with Gasteiger partial charge >= 0.3 is 5.69 Å². The Morgan fingerprint density at radius 1 is 1.15 bits per heavy atom. The van der Waals surface area contributed by atoms with Crippen molar-refractivity contribution in [2.45, 2.75) is 17.9 Å². The highest BCUT2D eigenvalue weighted by atomic mass is 32.2. The second kappa shape index (κ2) is 9.77. The van der Waals surface area contributed by atoms with E-state index < -0.39 is 44.2 Å². The van der Waals surface area contributed by atoms with E-state index in [1.165, 1.54) is 23.5 Å². The number of rotatable bonds is 7. The first-order chi connectivity index (χ1) is 15.5. The number of halogens is 2. The van der Waals surface area contributed by atoms with Crippen LogP contribution in [0.2, 0.25) is 0 Å². The molecule has 2 aromatic rings. The molecule has 1 N–H and O–H groups in total. The van der Waals surface area contributed by atoms with Gasteiger partial charge in [-0.05, 0) is 31.2 Å². The molecular formula is C20H22F2N4O6S. The normalized spacial score (nSPS) is 16.2. The summed E-state index contributed by atoms with van der Waals surface area (Å²) in [6.45, 7) is 2.10. The quantitative estimate of drug-likeness (QED) is 0.472. The standard InChI is InChI=1S/C20H22F2N4O6S/c1-13(20(27)23-17-5-3-14(21)11-16(17)22)24-7-9-25(10-8-24)33(30,31)15-4-6-19(32-2)18(12-15)26(28)29/h3-6,11-13H,7-10H2,1-2H3,(H,23,27). The molecule has 13 heteroatoms.